The Balaban J connectivity index is 2.69. The van der Waals surface area contributed by atoms with Crippen LogP contribution < -0.4 is 0 Å². The Morgan fingerprint density at radius 2 is 1.46 bits per heavy atom. The first-order chi connectivity index (χ1) is 5.86. The van der Waals surface area contributed by atoms with Crippen LogP contribution in [0.4, 0.5) is 0 Å². The number of fused-ring (bicyclic) bond motifs is 1. The second-order valence-corrected chi connectivity index (χ2v) is 4.69. The van der Waals surface area contributed by atoms with Crippen LogP contribution in [-0.2, 0) is 4.79 Å². The van der Waals surface area contributed by atoms with Crippen molar-refractivity contribution in [3.8, 4) is 0 Å². The van der Waals surface area contributed by atoms with Crippen LogP contribution in [0.1, 0.15) is 34.6 Å². The first-order valence-electron chi connectivity index (χ1n) is 4.78. The van der Waals surface area contributed by atoms with Crippen LogP contribution in [0.2, 0.25) is 0 Å². The molecule has 13 heavy (non-hydrogen) atoms. The zero-order chi connectivity index (χ0) is 10.0. The maximum absolute atomic E-state index is 11.8. The van der Waals surface area contributed by atoms with Crippen LogP contribution in [0.3, 0.4) is 0 Å². The highest BCUT2D eigenvalue weighted by molar-refractivity contribution is 6.04. The number of rotatable bonds is 0. The number of carbonyl (C=O) groups excluding carboxylic acids is 1. The molecule has 2 rings (SSSR count). The highest BCUT2D eigenvalue weighted by Crippen LogP contribution is 2.67. The first-order valence-corrected chi connectivity index (χ1v) is 4.78. The third-order valence-corrected chi connectivity index (χ3v) is 4.69. The minimum Gasteiger partial charge on any atom is -0.294 e. The summed E-state index contributed by atoms with van der Waals surface area (Å²) in [5.74, 6) is 0.288. The topological polar surface area (TPSA) is 17.1 Å². The monoisotopic (exact) mass is 176 g/mol. The average Bonchev–Trinajstić information content (AvgIpc) is 2.26. The van der Waals surface area contributed by atoms with Crippen molar-refractivity contribution in [3.63, 3.8) is 0 Å². The van der Waals surface area contributed by atoms with Gasteiger partial charge in [0.1, 0.15) is 0 Å². The van der Waals surface area contributed by atoms with Crippen LogP contribution in [0.25, 0.3) is 0 Å². The second-order valence-electron chi connectivity index (χ2n) is 4.69. The van der Waals surface area contributed by atoms with Crippen molar-refractivity contribution < 1.29 is 4.79 Å². The van der Waals surface area contributed by atoms with E-state index in [4.69, 9.17) is 0 Å². The van der Waals surface area contributed by atoms with E-state index in [-0.39, 0.29) is 16.6 Å². The SMILES string of the molecule is CC1=CC(=O)[C@@]2(C)C(C)=C(C)[C@@]12C. The summed E-state index contributed by atoms with van der Waals surface area (Å²) in [5, 5.41) is 0. The summed E-state index contributed by atoms with van der Waals surface area (Å²) < 4.78 is 0. The molecule has 1 nitrogen and oxygen atoms in total. The molecular formula is C12H16O. The van der Waals surface area contributed by atoms with Gasteiger partial charge in [0.05, 0.1) is 5.41 Å². The van der Waals surface area contributed by atoms with E-state index in [1.165, 1.54) is 16.7 Å². The zero-order valence-electron chi connectivity index (χ0n) is 8.99. The Kier molecular flexibility index (Phi) is 1.32. The first kappa shape index (κ1) is 8.74. The molecule has 0 saturated heterocycles. The lowest BCUT2D eigenvalue weighted by Crippen LogP contribution is -2.50. The minimum absolute atomic E-state index is 0.0220. The zero-order valence-corrected chi connectivity index (χ0v) is 8.99. The van der Waals surface area contributed by atoms with Crippen molar-refractivity contribution in [2.75, 3.05) is 0 Å². The van der Waals surface area contributed by atoms with Gasteiger partial charge in [-0.05, 0) is 33.8 Å². The van der Waals surface area contributed by atoms with E-state index in [0.717, 1.165) is 0 Å². The molecule has 0 spiro atoms. The molecule has 0 saturated carbocycles. The van der Waals surface area contributed by atoms with Gasteiger partial charge in [0, 0.05) is 5.41 Å². The van der Waals surface area contributed by atoms with Crippen molar-refractivity contribution in [2.24, 2.45) is 10.8 Å². The van der Waals surface area contributed by atoms with E-state index in [0.29, 0.717) is 0 Å². The number of ketones is 1. The van der Waals surface area contributed by atoms with E-state index >= 15 is 0 Å². The molecule has 0 aliphatic heterocycles. The quantitative estimate of drug-likeness (QED) is 0.519. The lowest BCUT2D eigenvalue weighted by Gasteiger charge is -2.53. The average molecular weight is 176 g/mol. The van der Waals surface area contributed by atoms with E-state index in [1.807, 2.05) is 6.08 Å². The van der Waals surface area contributed by atoms with Crippen LogP contribution >= 0.6 is 0 Å². The number of hydrogen-bond acceptors (Lipinski definition) is 1. The van der Waals surface area contributed by atoms with Crippen molar-refractivity contribution >= 4 is 5.78 Å². The predicted molar refractivity (Wildman–Crippen MR) is 53.4 cm³/mol. The fourth-order valence-corrected chi connectivity index (χ4v) is 3.04. The number of hydrogen-bond donors (Lipinski definition) is 0. The molecule has 0 bridgehead atoms. The number of allylic oxidation sites excluding steroid dienone is 4. The third-order valence-electron chi connectivity index (χ3n) is 4.69. The lowest BCUT2D eigenvalue weighted by atomic mass is 9.48. The van der Waals surface area contributed by atoms with E-state index in [2.05, 4.69) is 34.6 Å². The summed E-state index contributed by atoms with van der Waals surface area (Å²) in [6.07, 6.45) is 1.82. The molecule has 70 valence electrons. The molecule has 0 aromatic heterocycles. The maximum atomic E-state index is 11.8. The van der Waals surface area contributed by atoms with Gasteiger partial charge in [0.15, 0.2) is 5.78 Å². The Bertz CT molecular complexity index is 373. The van der Waals surface area contributed by atoms with Gasteiger partial charge in [-0.15, -0.1) is 0 Å². The van der Waals surface area contributed by atoms with Gasteiger partial charge in [-0.2, -0.15) is 0 Å². The highest BCUT2D eigenvalue weighted by Gasteiger charge is 2.63. The molecule has 0 heterocycles. The normalized spacial score (nSPS) is 43.2. The van der Waals surface area contributed by atoms with Gasteiger partial charge in [0.2, 0.25) is 0 Å². The van der Waals surface area contributed by atoms with Gasteiger partial charge in [-0.1, -0.05) is 23.6 Å². The molecule has 0 aromatic rings. The molecule has 1 heteroatoms. The van der Waals surface area contributed by atoms with Crippen molar-refractivity contribution in [3.05, 3.63) is 22.8 Å². The predicted octanol–water partition coefficient (Wildman–Crippen LogP) is 2.88. The molecule has 0 radical (unpaired) electrons. The third kappa shape index (κ3) is 0.579. The minimum atomic E-state index is -0.221. The molecular weight excluding hydrogens is 160 g/mol. The summed E-state index contributed by atoms with van der Waals surface area (Å²) in [6, 6.07) is 0. The molecule has 2 aliphatic carbocycles. The van der Waals surface area contributed by atoms with Crippen LogP contribution in [0, 0.1) is 10.8 Å². The summed E-state index contributed by atoms with van der Waals surface area (Å²) in [6.45, 7) is 10.6. The molecule has 2 atom stereocenters. The Hall–Kier alpha value is -0.850. The van der Waals surface area contributed by atoms with Gasteiger partial charge in [-0.25, -0.2) is 0 Å². The molecule has 2 aliphatic rings. The molecule has 0 aromatic carbocycles. The summed E-state index contributed by atoms with van der Waals surface area (Å²) in [4.78, 5) is 11.8. The lowest BCUT2D eigenvalue weighted by molar-refractivity contribution is -0.124. The standard InChI is InChI=1S/C12H16O/c1-7-6-10(13)12(5)9(3)8(2)11(7,12)4/h6H,1-5H3/t11-,12-/m1/s1. The molecule has 0 N–H and O–H groups in total. The van der Waals surface area contributed by atoms with Crippen molar-refractivity contribution in [2.45, 2.75) is 34.6 Å². The fourth-order valence-electron chi connectivity index (χ4n) is 3.04. The summed E-state index contributed by atoms with van der Waals surface area (Å²) >= 11 is 0. The van der Waals surface area contributed by atoms with E-state index < -0.39 is 0 Å². The van der Waals surface area contributed by atoms with Crippen LogP contribution in [0.15, 0.2) is 22.8 Å². The van der Waals surface area contributed by atoms with Crippen molar-refractivity contribution in [1.29, 1.82) is 0 Å². The smallest absolute Gasteiger partial charge is 0.166 e. The second kappa shape index (κ2) is 1.97. The van der Waals surface area contributed by atoms with Gasteiger partial charge < -0.3 is 0 Å². The van der Waals surface area contributed by atoms with E-state index in [9.17, 15) is 4.79 Å². The molecule has 0 amide bonds. The Morgan fingerprint density at radius 3 is 1.92 bits per heavy atom. The van der Waals surface area contributed by atoms with Gasteiger partial charge >= 0.3 is 0 Å². The fraction of sp³-hybridized carbons (Fsp3) is 0.583. The Labute approximate surface area is 79.5 Å². The largest absolute Gasteiger partial charge is 0.294 e. The molecule has 0 fully saturated rings. The highest BCUT2D eigenvalue weighted by atomic mass is 16.1. The van der Waals surface area contributed by atoms with Gasteiger partial charge in [0.25, 0.3) is 0 Å². The number of carbonyl (C=O) groups is 1. The Morgan fingerprint density at radius 1 is 1.00 bits per heavy atom. The van der Waals surface area contributed by atoms with E-state index in [1.54, 1.807) is 0 Å². The molecule has 0 unspecified atom stereocenters. The van der Waals surface area contributed by atoms with Crippen LogP contribution in [-0.4, -0.2) is 5.78 Å². The van der Waals surface area contributed by atoms with Crippen molar-refractivity contribution in [1.82, 2.24) is 0 Å². The maximum Gasteiger partial charge on any atom is 0.166 e. The summed E-state index contributed by atoms with van der Waals surface area (Å²) in [7, 11) is 0. The summed E-state index contributed by atoms with van der Waals surface area (Å²) in [5.41, 5.74) is 3.68. The van der Waals surface area contributed by atoms with Crippen LogP contribution in [0.5, 0.6) is 0 Å². The van der Waals surface area contributed by atoms with Gasteiger partial charge in [-0.3, -0.25) is 4.79 Å².